The molecule has 2 nitrogen and oxygen atoms in total. The molecule has 1 aromatic carbocycles. The van der Waals surface area contributed by atoms with E-state index in [1.54, 1.807) is 0 Å². The minimum Gasteiger partial charge on any atom is -0.423 e. The van der Waals surface area contributed by atoms with Gasteiger partial charge in [0.1, 0.15) is 10.5 Å². The minimum absolute atomic E-state index is 0.0889. The fraction of sp³-hybridized carbons (Fsp3) is 0.571. The maximum Gasteiger partial charge on any atom is 0.146 e. The molecule has 96 valence electrons. The minimum atomic E-state index is 0.0889. The largest absolute Gasteiger partial charge is 0.423 e. The zero-order chi connectivity index (χ0) is 12.6. The lowest BCUT2D eigenvalue weighted by atomic mass is 10.0. The lowest BCUT2D eigenvalue weighted by Crippen LogP contribution is -2.23. The molecule has 0 saturated carbocycles. The number of rotatable bonds is 8. The van der Waals surface area contributed by atoms with Gasteiger partial charge in [-0.1, -0.05) is 30.3 Å². The van der Waals surface area contributed by atoms with Crippen molar-refractivity contribution in [1.29, 1.82) is 0 Å². The molecule has 3 heteroatoms. The first kappa shape index (κ1) is 14.4. The molecule has 0 bridgehead atoms. The molecule has 0 aliphatic heterocycles. The Hall–Kier alpha value is -0.643. The van der Waals surface area contributed by atoms with Crippen molar-refractivity contribution in [3.8, 4) is 0 Å². The highest BCUT2D eigenvalue weighted by Gasteiger charge is 2.13. The predicted octanol–water partition coefficient (Wildman–Crippen LogP) is 2.02. The summed E-state index contributed by atoms with van der Waals surface area (Å²) in [6.45, 7) is 6.42. The van der Waals surface area contributed by atoms with Gasteiger partial charge in [0, 0.05) is 12.1 Å². The number of unbranched alkanes of at least 4 members (excludes halogenated alkanes) is 1. The summed E-state index contributed by atoms with van der Waals surface area (Å²) in [6.07, 6.45) is 3.61. The summed E-state index contributed by atoms with van der Waals surface area (Å²) >= 11 is 0. The van der Waals surface area contributed by atoms with Crippen molar-refractivity contribution < 1.29 is 4.43 Å². The van der Waals surface area contributed by atoms with Crippen LogP contribution in [0.4, 0.5) is 0 Å². The van der Waals surface area contributed by atoms with E-state index in [1.165, 1.54) is 18.4 Å². The van der Waals surface area contributed by atoms with Crippen LogP contribution in [0, 0.1) is 0 Å². The van der Waals surface area contributed by atoms with Gasteiger partial charge in [0.2, 0.25) is 0 Å². The number of benzene rings is 1. The van der Waals surface area contributed by atoms with Crippen LogP contribution in [0.25, 0.3) is 0 Å². The molecule has 0 aromatic heterocycles. The molecule has 17 heavy (non-hydrogen) atoms. The first-order chi connectivity index (χ1) is 8.14. The summed E-state index contributed by atoms with van der Waals surface area (Å²) in [5, 5.41) is 3.47. The number of hydrogen-bond acceptors (Lipinski definition) is 2. The van der Waals surface area contributed by atoms with E-state index in [2.05, 4.69) is 49.5 Å². The molecule has 0 heterocycles. The molecule has 1 rings (SSSR count). The summed E-state index contributed by atoms with van der Waals surface area (Å²) in [6, 6.07) is 10.5. The first-order valence-electron chi connectivity index (χ1n) is 6.44. The van der Waals surface area contributed by atoms with Crippen LogP contribution in [-0.2, 0) is 11.0 Å². The van der Waals surface area contributed by atoms with Crippen LogP contribution in [0.15, 0.2) is 30.3 Å². The van der Waals surface area contributed by atoms with E-state index in [-0.39, 0.29) is 5.60 Å². The summed E-state index contributed by atoms with van der Waals surface area (Å²) in [5.74, 6) is 0. The Morgan fingerprint density at radius 2 is 1.88 bits per heavy atom. The molecule has 0 spiro atoms. The third kappa shape index (κ3) is 6.61. The van der Waals surface area contributed by atoms with E-state index in [0.29, 0.717) is 0 Å². The molecular formula is C14H25NOSi. The summed E-state index contributed by atoms with van der Waals surface area (Å²) in [4.78, 5) is 0. The van der Waals surface area contributed by atoms with Crippen molar-refractivity contribution in [1.82, 2.24) is 5.32 Å². The normalized spacial score (nSPS) is 11.9. The quantitative estimate of drug-likeness (QED) is 0.564. The van der Waals surface area contributed by atoms with Crippen molar-refractivity contribution in [2.45, 2.75) is 45.3 Å². The topological polar surface area (TPSA) is 21.3 Å². The third-order valence-electron chi connectivity index (χ3n) is 3.11. The Morgan fingerprint density at radius 3 is 2.53 bits per heavy atom. The Bertz CT molecular complexity index is 300. The molecule has 0 radical (unpaired) electrons. The van der Waals surface area contributed by atoms with Crippen LogP contribution in [0.1, 0.15) is 38.7 Å². The van der Waals surface area contributed by atoms with Crippen LogP contribution < -0.4 is 5.32 Å². The van der Waals surface area contributed by atoms with Gasteiger partial charge >= 0.3 is 0 Å². The van der Waals surface area contributed by atoms with E-state index < -0.39 is 0 Å². The fourth-order valence-electron chi connectivity index (χ4n) is 1.73. The Balaban J connectivity index is 2.02. The van der Waals surface area contributed by atoms with Crippen molar-refractivity contribution in [3.05, 3.63) is 35.9 Å². The highest BCUT2D eigenvalue weighted by atomic mass is 28.2. The zero-order valence-electron chi connectivity index (χ0n) is 11.3. The van der Waals surface area contributed by atoms with Gasteiger partial charge in [-0.25, -0.2) is 0 Å². The molecule has 0 aliphatic rings. The molecule has 1 N–H and O–H groups in total. The van der Waals surface area contributed by atoms with Crippen LogP contribution in [0.3, 0.4) is 0 Å². The van der Waals surface area contributed by atoms with Crippen molar-refractivity contribution >= 4 is 10.5 Å². The third-order valence-corrected chi connectivity index (χ3v) is 4.21. The SMILES string of the molecule is CC(C)(CCCCNCc1ccccc1)O[SiH3]. The molecule has 0 aliphatic carbocycles. The van der Waals surface area contributed by atoms with Gasteiger partial charge in [0.25, 0.3) is 0 Å². The van der Waals surface area contributed by atoms with Gasteiger partial charge in [-0.15, -0.1) is 0 Å². The second-order valence-electron chi connectivity index (χ2n) is 5.08. The Kier molecular flexibility index (Phi) is 6.48. The van der Waals surface area contributed by atoms with E-state index in [4.69, 9.17) is 4.43 Å². The number of hydrogen-bond donors (Lipinski definition) is 1. The van der Waals surface area contributed by atoms with Gasteiger partial charge < -0.3 is 9.74 Å². The summed E-state index contributed by atoms with van der Waals surface area (Å²) < 4.78 is 5.53. The van der Waals surface area contributed by atoms with Gasteiger partial charge in [0.15, 0.2) is 0 Å². The van der Waals surface area contributed by atoms with Crippen LogP contribution >= 0.6 is 0 Å². The lowest BCUT2D eigenvalue weighted by Gasteiger charge is -2.23. The molecule has 0 fully saturated rings. The van der Waals surface area contributed by atoms with E-state index in [9.17, 15) is 0 Å². The fourth-order valence-corrected chi connectivity index (χ4v) is 1.94. The van der Waals surface area contributed by atoms with Gasteiger partial charge in [-0.3, -0.25) is 0 Å². The molecule has 0 atom stereocenters. The second-order valence-corrected chi connectivity index (χ2v) is 5.49. The van der Waals surface area contributed by atoms with Crippen molar-refractivity contribution in [2.24, 2.45) is 0 Å². The molecule has 0 amide bonds. The van der Waals surface area contributed by atoms with Gasteiger partial charge in [-0.2, -0.15) is 0 Å². The van der Waals surface area contributed by atoms with E-state index in [1.807, 2.05) is 0 Å². The Morgan fingerprint density at radius 1 is 1.18 bits per heavy atom. The van der Waals surface area contributed by atoms with E-state index in [0.717, 1.165) is 30.0 Å². The van der Waals surface area contributed by atoms with Crippen LogP contribution in [0.5, 0.6) is 0 Å². The highest BCUT2D eigenvalue weighted by molar-refractivity contribution is 5.98. The van der Waals surface area contributed by atoms with E-state index >= 15 is 0 Å². The predicted molar refractivity (Wildman–Crippen MR) is 77.1 cm³/mol. The standard InChI is InChI=1S/C14H25NOSi/c1-14(2,16-17)10-6-7-11-15-12-13-8-4-3-5-9-13/h3-5,8-9,15H,6-7,10-12H2,1-2,17H3. The van der Waals surface area contributed by atoms with Gasteiger partial charge in [-0.05, 0) is 45.2 Å². The molecule has 0 unspecified atom stereocenters. The summed E-state index contributed by atoms with van der Waals surface area (Å²) in [7, 11) is 0.835. The number of nitrogens with one attached hydrogen (secondary N) is 1. The summed E-state index contributed by atoms with van der Waals surface area (Å²) in [5.41, 5.74) is 1.45. The van der Waals surface area contributed by atoms with Crippen molar-refractivity contribution in [2.75, 3.05) is 6.54 Å². The monoisotopic (exact) mass is 251 g/mol. The molecule has 1 aromatic rings. The average Bonchev–Trinajstić information content (AvgIpc) is 2.35. The average molecular weight is 251 g/mol. The zero-order valence-corrected chi connectivity index (χ0v) is 13.3. The van der Waals surface area contributed by atoms with Crippen LogP contribution in [-0.4, -0.2) is 22.6 Å². The maximum atomic E-state index is 5.53. The Labute approximate surface area is 108 Å². The van der Waals surface area contributed by atoms with Crippen molar-refractivity contribution in [3.63, 3.8) is 0 Å². The molecule has 0 saturated heterocycles. The smallest absolute Gasteiger partial charge is 0.146 e. The highest BCUT2D eigenvalue weighted by Crippen LogP contribution is 2.15. The van der Waals surface area contributed by atoms with Gasteiger partial charge in [0.05, 0.1) is 0 Å². The second kappa shape index (κ2) is 7.64. The van der Waals surface area contributed by atoms with Crippen LogP contribution in [0.2, 0.25) is 0 Å². The first-order valence-corrected chi connectivity index (χ1v) is 7.25. The molecular weight excluding hydrogens is 226 g/mol. The maximum absolute atomic E-state index is 5.53. The lowest BCUT2D eigenvalue weighted by molar-refractivity contribution is 0.109.